The van der Waals surface area contributed by atoms with E-state index in [0.717, 1.165) is 3.92 Å². The molecule has 0 unspecified atom stereocenters. The van der Waals surface area contributed by atoms with Crippen LogP contribution in [0.15, 0.2) is 0 Å². The van der Waals surface area contributed by atoms with Crippen molar-refractivity contribution in [2.24, 2.45) is 0 Å². The van der Waals surface area contributed by atoms with Gasteiger partial charge in [0, 0.05) is 17.0 Å². The van der Waals surface area contributed by atoms with Crippen LogP contribution in [0.1, 0.15) is 12.8 Å². The van der Waals surface area contributed by atoms with Gasteiger partial charge in [-0.25, -0.2) is 4.31 Å². The van der Waals surface area contributed by atoms with E-state index in [4.69, 9.17) is 0 Å². The molecule has 1 fully saturated rings. The fourth-order valence-corrected chi connectivity index (χ4v) is 2.33. The van der Waals surface area contributed by atoms with Crippen LogP contribution in [0.3, 0.4) is 0 Å². The number of piperidine rings is 1. The van der Waals surface area contributed by atoms with Gasteiger partial charge >= 0.3 is 0 Å². The second-order valence-corrected chi connectivity index (χ2v) is 5.12. The lowest BCUT2D eigenvalue weighted by molar-refractivity contribution is 0.398. The van der Waals surface area contributed by atoms with Gasteiger partial charge in [0.2, 0.25) is 0 Å². The molecule has 0 spiro atoms. The highest BCUT2D eigenvalue weighted by Gasteiger charge is 2.15. The second kappa shape index (κ2) is 4.31. The molecule has 1 saturated heterocycles. The fourth-order valence-electron chi connectivity index (χ4n) is 0.906. The van der Waals surface area contributed by atoms with E-state index in [1.807, 2.05) is 0 Å². The molecular formula is C5H10INS2. The number of hydrogen-bond acceptors (Lipinski definition) is 3. The Morgan fingerprint density at radius 3 is 2.44 bits per heavy atom. The summed E-state index contributed by atoms with van der Waals surface area (Å²) in [4.78, 5) is 0. The second-order valence-electron chi connectivity index (χ2n) is 2.19. The first-order valence-electron chi connectivity index (χ1n) is 3.03. The van der Waals surface area contributed by atoms with Crippen molar-refractivity contribution < 1.29 is 0 Å². The van der Waals surface area contributed by atoms with Gasteiger partial charge in [-0.3, -0.25) is 0 Å². The summed E-state index contributed by atoms with van der Waals surface area (Å²) in [6.45, 7) is 2.42. The maximum absolute atomic E-state index is 4.13. The molecule has 0 radical (unpaired) electrons. The SMILES string of the molecule is SSN1CCC(I)CC1. The smallest absolute Gasteiger partial charge is 0.0135 e. The zero-order chi connectivity index (χ0) is 6.69. The van der Waals surface area contributed by atoms with Gasteiger partial charge in [0.05, 0.1) is 0 Å². The highest BCUT2D eigenvalue weighted by molar-refractivity contribution is 14.1. The van der Waals surface area contributed by atoms with Crippen LogP contribution in [0, 0.1) is 0 Å². The summed E-state index contributed by atoms with van der Waals surface area (Å²) in [5, 5.41) is 0. The third-order valence-electron chi connectivity index (χ3n) is 1.50. The Balaban J connectivity index is 2.18. The lowest BCUT2D eigenvalue weighted by Gasteiger charge is -2.25. The number of hydrogen-bond donors (Lipinski definition) is 1. The zero-order valence-electron chi connectivity index (χ0n) is 5.09. The molecule has 0 amide bonds. The summed E-state index contributed by atoms with van der Waals surface area (Å²) in [6.07, 6.45) is 2.66. The summed E-state index contributed by atoms with van der Waals surface area (Å²) < 4.78 is 3.21. The first-order chi connectivity index (χ1) is 4.33. The van der Waals surface area contributed by atoms with Crippen LogP contribution >= 0.6 is 45.2 Å². The minimum Gasteiger partial charge on any atom is -0.241 e. The van der Waals surface area contributed by atoms with E-state index in [1.54, 1.807) is 11.0 Å². The molecule has 0 aromatic heterocycles. The van der Waals surface area contributed by atoms with Gasteiger partial charge in [-0.1, -0.05) is 34.3 Å². The molecule has 1 nitrogen and oxygen atoms in total. The van der Waals surface area contributed by atoms with Crippen LogP contribution < -0.4 is 0 Å². The molecule has 0 aliphatic carbocycles. The van der Waals surface area contributed by atoms with Crippen molar-refractivity contribution in [3.8, 4) is 0 Å². The van der Waals surface area contributed by atoms with Gasteiger partial charge in [-0.05, 0) is 23.8 Å². The Bertz CT molecular complexity index is 83.0. The van der Waals surface area contributed by atoms with E-state index < -0.39 is 0 Å². The van der Waals surface area contributed by atoms with Gasteiger partial charge in [-0.15, -0.1) is 0 Å². The summed E-state index contributed by atoms with van der Waals surface area (Å²) >= 11 is 6.66. The Morgan fingerprint density at radius 1 is 1.44 bits per heavy atom. The molecule has 9 heavy (non-hydrogen) atoms. The van der Waals surface area contributed by atoms with E-state index >= 15 is 0 Å². The molecule has 0 aromatic rings. The summed E-state index contributed by atoms with van der Waals surface area (Å²) in [7, 11) is 1.57. The Labute approximate surface area is 79.0 Å². The largest absolute Gasteiger partial charge is 0.241 e. The van der Waals surface area contributed by atoms with Gasteiger partial charge in [-0.2, -0.15) is 0 Å². The standard InChI is InChI=1S/C5H10INS2/c6-5-1-3-7(9-8)4-2-5/h5,8H,1-4H2. The van der Waals surface area contributed by atoms with Crippen molar-refractivity contribution in [1.82, 2.24) is 4.31 Å². The Hall–Kier alpha value is 1.39. The summed E-state index contributed by atoms with van der Waals surface area (Å²) in [5.41, 5.74) is 0. The predicted octanol–water partition coefficient (Wildman–Crippen LogP) is 2.38. The predicted molar refractivity (Wildman–Crippen MR) is 55.2 cm³/mol. The average Bonchev–Trinajstić information content (AvgIpc) is 1.90. The molecule has 0 atom stereocenters. The van der Waals surface area contributed by atoms with E-state index in [-0.39, 0.29) is 0 Å². The topological polar surface area (TPSA) is 3.24 Å². The van der Waals surface area contributed by atoms with Crippen molar-refractivity contribution in [3.63, 3.8) is 0 Å². The minimum atomic E-state index is 0.902. The van der Waals surface area contributed by atoms with Gasteiger partial charge in [0.15, 0.2) is 0 Å². The van der Waals surface area contributed by atoms with E-state index in [1.165, 1.54) is 25.9 Å². The molecule has 54 valence electrons. The monoisotopic (exact) mass is 275 g/mol. The van der Waals surface area contributed by atoms with E-state index in [2.05, 4.69) is 38.6 Å². The Morgan fingerprint density at radius 2 is 2.00 bits per heavy atom. The van der Waals surface area contributed by atoms with Crippen molar-refractivity contribution in [1.29, 1.82) is 0 Å². The molecule has 0 bridgehead atoms. The maximum Gasteiger partial charge on any atom is 0.0135 e. The number of nitrogens with zero attached hydrogens (tertiary/aromatic N) is 1. The third kappa shape index (κ3) is 2.86. The van der Waals surface area contributed by atoms with Crippen LogP contribution in [0.25, 0.3) is 0 Å². The molecule has 1 aliphatic heterocycles. The number of alkyl halides is 1. The molecule has 0 N–H and O–H groups in total. The average molecular weight is 275 g/mol. The number of halogens is 1. The minimum absolute atomic E-state index is 0.902. The zero-order valence-corrected chi connectivity index (χ0v) is 8.95. The lowest BCUT2D eigenvalue weighted by atomic mass is 10.2. The van der Waals surface area contributed by atoms with E-state index in [9.17, 15) is 0 Å². The van der Waals surface area contributed by atoms with Crippen LogP contribution in [0.5, 0.6) is 0 Å². The molecule has 0 aromatic carbocycles. The normalized spacial score (nSPS) is 24.7. The first-order valence-corrected chi connectivity index (χ1v) is 6.10. The first kappa shape index (κ1) is 8.49. The molecule has 1 heterocycles. The molecule has 1 aliphatic rings. The third-order valence-corrected chi connectivity index (χ3v) is 4.03. The number of rotatable bonds is 1. The van der Waals surface area contributed by atoms with Crippen molar-refractivity contribution in [3.05, 3.63) is 0 Å². The molecule has 0 saturated carbocycles. The van der Waals surface area contributed by atoms with Crippen LogP contribution in [0.2, 0.25) is 0 Å². The van der Waals surface area contributed by atoms with Crippen LogP contribution in [-0.4, -0.2) is 21.3 Å². The van der Waals surface area contributed by atoms with Crippen LogP contribution in [-0.2, 0) is 0 Å². The quantitative estimate of drug-likeness (QED) is 0.257. The highest BCUT2D eigenvalue weighted by atomic mass is 127. The summed E-state index contributed by atoms with van der Waals surface area (Å²) in [6, 6.07) is 0. The van der Waals surface area contributed by atoms with Gasteiger partial charge < -0.3 is 0 Å². The maximum atomic E-state index is 4.13. The fraction of sp³-hybridized carbons (Fsp3) is 1.00. The van der Waals surface area contributed by atoms with Crippen molar-refractivity contribution in [2.45, 2.75) is 16.8 Å². The van der Waals surface area contributed by atoms with Crippen molar-refractivity contribution in [2.75, 3.05) is 13.1 Å². The molecule has 1 rings (SSSR count). The number of thiol groups is 1. The molecular weight excluding hydrogens is 265 g/mol. The van der Waals surface area contributed by atoms with E-state index in [0.29, 0.717) is 0 Å². The molecule has 4 heteroatoms. The highest BCUT2D eigenvalue weighted by Crippen LogP contribution is 2.24. The van der Waals surface area contributed by atoms with Gasteiger partial charge in [0.1, 0.15) is 0 Å². The lowest BCUT2D eigenvalue weighted by Crippen LogP contribution is -2.27. The van der Waals surface area contributed by atoms with Crippen molar-refractivity contribution >= 4 is 45.2 Å². The van der Waals surface area contributed by atoms with Gasteiger partial charge in [0.25, 0.3) is 0 Å². The van der Waals surface area contributed by atoms with Crippen LogP contribution in [0.4, 0.5) is 0 Å². The summed E-state index contributed by atoms with van der Waals surface area (Å²) in [5.74, 6) is 0. The Kier molecular flexibility index (Phi) is 4.06.